The number of hydrogen-bond donors (Lipinski definition) is 0. The Hall–Kier alpha value is -1.56. The number of benzene rings is 1. The van der Waals surface area contributed by atoms with Crippen LogP contribution in [0.4, 0.5) is 0 Å². The Morgan fingerprint density at radius 3 is 2.61 bits per heavy atom. The lowest BCUT2D eigenvalue weighted by Gasteiger charge is -2.39. The van der Waals surface area contributed by atoms with E-state index in [1.165, 1.54) is 4.88 Å². The van der Waals surface area contributed by atoms with Crippen LogP contribution in [0.2, 0.25) is 10.0 Å². The van der Waals surface area contributed by atoms with Crippen LogP contribution >= 0.6 is 34.5 Å². The summed E-state index contributed by atoms with van der Waals surface area (Å²) < 4.78 is 0. The third-order valence-corrected chi connectivity index (χ3v) is 7.78. The molecule has 1 unspecified atom stereocenters. The first-order chi connectivity index (χ1) is 14.8. The van der Waals surface area contributed by atoms with Crippen LogP contribution < -0.4 is 0 Å². The van der Waals surface area contributed by atoms with E-state index in [4.69, 9.17) is 23.2 Å². The van der Waals surface area contributed by atoms with E-state index in [0.29, 0.717) is 29.1 Å². The number of hydrogen-bond acceptors (Lipinski definition) is 3. The van der Waals surface area contributed by atoms with Crippen LogP contribution in [0.3, 0.4) is 0 Å². The summed E-state index contributed by atoms with van der Waals surface area (Å²) in [6.07, 6.45) is 3.80. The Bertz CT molecular complexity index is 970. The molecular formula is C24H28Cl2N2O2S. The monoisotopic (exact) mass is 478 g/mol. The van der Waals surface area contributed by atoms with E-state index >= 15 is 0 Å². The molecule has 31 heavy (non-hydrogen) atoms. The molecule has 1 fully saturated rings. The summed E-state index contributed by atoms with van der Waals surface area (Å²) in [5.74, 6) is 0.491. The van der Waals surface area contributed by atoms with Crippen molar-refractivity contribution in [1.82, 2.24) is 9.80 Å². The predicted octanol–water partition coefficient (Wildman–Crippen LogP) is 5.81. The number of carbonyl (C=O) groups is 2. The highest BCUT2D eigenvalue weighted by atomic mass is 35.5. The molecule has 0 N–H and O–H groups in total. The van der Waals surface area contributed by atoms with Crippen molar-refractivity contribution in [3.63, 3.8) is 0 Å². The number of halogens is 2. The summed E-state index contributed by atoms with van der Waals surface area (Å²) in [5.41, 5.74) is 1.99. The van der Waals surface area contributed by atoms with Gasteiger partial charge in [-0.1, -0.05) is 49.5 Å². The van der Waals surface area contributed by atoms with Crippen LogP contribution in [-0.2, 0) is 16.0 Å². The minimum absolute atomic E-state index is 0.0267. The molecule has 166 valence electrons. The molecule has 1 aromatic heterocycles. The molecule has 1 aromatic carbocycles. The number of thiophene rings is 1. The Morgan fingerprint density at radius 1 is 1.19 bits per heavy atom. The van der Waals surface area contributed by atoms with Crippen LogP contribution in [-0.4, -0.2) is 41.2 Å². The largest absolute Gasteiger partial charge is 0.333 e. The maximum Gasteiger partial charge on any atom is 0.242 e. The normalized spacial score (nSPS) is 18.6. The van der Waals surface area contributed by atoms with Gasteiger partial charge < -0.3 is 9.80 Å². The highest BCUT2D eigenvalue weighted by Gasteiger charge is 2.36. The molecule has 1 atom stereocenters. The fourth-order valence-electron chi connectivity index (χ4n) is 4.48. The summed E-state index contributed by atoms with van der Waals surface area (Å²) in [6.45, 7) is 5.50. The SMILES string of the molecule is CC(C)CN(CC(=O)N1CCc2sccc2C1c1ccc(Cl)cc1Cl)C(=O)C1CCC1. The molecule has 0 spiro atoms. The zero-order valence-corrected chi connectivity index (χ0v) is 20.3. The highest BCUT2D eigenvalue weighted by molar-refractivity contribution is 7.10. The maximum absolute atomic E-state index is 13.6. The van der Waals surface area contributed by atoms with Crippen LogP contribution in [0.25, 0.3) is 0 Å². The average Bonchev–Trinajstić information content (AvgIpc) is 3.14. The van der Waals surface area contributed by atoms with Crippen molar-refractivity contribution in [3.05, 3.63) is 55.7 Å². The quantitative estimate of drug-likeness (QED) is 0.525. The molecule has 0 saturated heterocycles. The Kier molecular flexibility index (Phi) is 6.95. The molecule has 1 aliphatic carbocycles. The summed E-state index contributed by atoms with van der Waals surface area (Å²) in [6, 6.07) is 7.28. The number of nitrogens with zero attached hydrogens (tertiary/aromatic N) is 2. The zero-order chi connectivity index (χ0) is 22.1. The number of fused-ring (bicyclic) bond motifs is 1. The summed E-state index contributed by atoms with van der Waals surface area (Å²) in [5, 5.41) is 3.20. The molecule has 2 heterocycles. The van der Waals surface area contributed by atoms with E-state index in [-0.39, 0.29) is 30.3 Å². The molecule has 4 nitrogen and oxygen atoms in total. The lowest BCUT2D eigenvalue weighted by atomic mass is 9.84. The Balaban J connectivity index is 1.62. The molecule has 1 saturated carbocycles. The first kappa shape index (κ1) is 22.6. The second-order valence-corrected chi connectivity index (χ2v) is 10.8. The number of amides is 2. The van der Waals surface area contributed by atoms with Gasteiger partial charge in [0.25, 0.3) is 0 Å². The van der Waals surface area contributed by atoms with E-state index < -0.39 is 0 Å². The molecule has 1 aliphatic heterocycles. The zero-order valence-electron chi connectivity index (χ0n) is 17.9. The van der Waals surface area contributed by atoms with Crippen LogP contribution in [0.15, 0.2) is 29.6 Å². The molecule has 2 aliphatic rings. The van der Waals surface area contributed by atoms with Gasteiger partial charge in [0.2, 0.25) is 11.8 Å². The fraction of sp³-hybridized carbons (Fsp3) is 0.500. The van der Waals surface area contributed by atoms with E-state index in [0.717, 1.165) is 36.8 Å². The number of carbonyl (C=O) groups excluding carboxylic acids is 2. The van der Waals surface area contributed by atoms with Crippen LogP contribution in [0, 0.1) is 11.8 Å². The molecule has 0 bridgehead atoms. The molecule has 2 amide bonds. The third kappa shape index (κ3) is 4.79. The van der Waals surface area contributed by atoms with Gasteiger partial charge in [0, 0.05) is 33.9 Å². The van der Waals surface area contributed by atoms with E-state index in [9.17, 15) is 9.59 Å². The van der Waals surface area contributed by atoms with Crippen molar-refractivity contribution in [2.45, 2.75) is 45.6 Å². The number of rotatable bonds is 6. The van der Waals surface area contributed by atoms with E-state index in [1.54, 1.807) is 22.3 Å². The Morgan fingerprint density at radius 2 is 1.97 bits per heavy atom. The Labute approximate surface area is 198 Å². The van der Waals surface area contributed by atoms with Gasteiger partial charge in [-0.25, -0.2) is 0 Å². The summed E-state index contributed by atoms with van der Waals surface area (Å²) in [4.78, 5) is 31.5. The predicted molar refractivity (Wildman–Crippen MR) is 127 cm³/mol. The van der Waals surface area contributed by atoms with Gasteiger partial charge in [-0.3, -0.25) is 9.59 Å². The van der Waals surface area contributed by atoms with Crippen molar-refractivity contribution in [3.8, 4) is 0 Å². The van der Waals surface area contributed by atoms with E-state index in [2.05, 4.69) is 25.3 Å². The summed E-state index contributed by atoms with van der Waals surface area (Å²) >= 11 is 14.4. The molecular weight excluding hydrogens is 451 g/mol. The van der Waals surface area contributed by atoms with Crippen molar-refractivity contribution < 1.29 is 9.59 Å². The van der Waals surface area contributed by atoms with Gasteiger partial charge in [-0.2, -0.15) is 0 Å². The topological polar surface area (TPSA) is 40.6 Å². The van der Waals surface area contributed by atoms with Crippen molar-refractivity contribution in [1.29, 1.82) is 0 Å². The second kappa shape index (κ2) is 9.51. The maximum atomic E-state index is 13.6. The molecule has 7 heteroatoms. The third-order valence-electron chi connectivity index (χ3n) is 6.22. The minimum atomic E-state index is -0.257. The fourth-order valence-corrected chi connectivity index (χ4v) is 5.90. The molecule has 4 rings (SSSR count). The van der Waals surface area contributed by atoms with E-state index in [1.807, 2.05) is 17.0 Å². The van der Waals surface area contributed by atoms with Gasteiger partial charge in [0.05, 0.1) is 12.6 Å². The van der Waals surface area contributed by atoms with Gasteiger partial charge in [-0.05, 0) is 59.9 Å². The lowest BCUT2D eigenvalue weighted by molar-refractivity contribution is -0.146. The smallest absolute Gasteiger partial charge is 0.242 e. The molecule has 2 aromatic rings. The van der Waals surface area contributed by atoms with Crippen LogP contribution in [0.1, 0.15) is 55.2 Å². The van der Waals surface area contributed by atoms with Gasteiger partial charge in [0.15, 0.2) is 0 Å². The lowest BCUT2D eigenvalue weighted by Crippen LogP contribution is -2.49. The van der Waals surface area contributed by atoms with Crippen molar-refractivity contribution >= 4 is 46.4 Å². The first-order valence-electron chi connectivity index (χ1n) is 10.9. The van der Waals surface area contributed by atoms with Gasteiger partial charge in [0.1, 0.15) is 0 Å². The van der Waals surface area contributed by atoms with Crippen LogP contribution in [0.5, 0.6) is 0 Å². The standard InChI is InChI=1S/C24H28Cl2N2O2S/c1-15(2)13-27(24(30)16-4-3-5-16)14-22(29)28-10-8-21-19(9-11-31-21)23(28)18-7-6-17(25)12-20(18)26/h6-7,9,11-12,15-16,23H,3-5,8,10,13-14H2,1-2H3. The highest BCUT2D eigenvalue weighted by Crippen LogP contribution is 2.41. The first-order valence-corrected chi connectivity index (χ1v) is 12.6. The van der Waals surface area contributed by atoms with Gasteiger partial charge >= 0.3 is 0 Å². The minimum Gasteiger partial charge on any atom is -0.333 e. The second-order valence-electron chi connectivity index (χ2n) is 8.95. The average molecular weight is 479 g/mol. The summed E-state index contributed by atoms with van der Waals surface area (Å²) in [7, 11) is 0. The van der Waals surface area contributed by atoms with Gasteiger partial charge in [-0.15, -0.1) is 11.3 Å². The van der Waals surface area contributed by atoms with Crippen molar-refractivity contribution in [2.75, 3.05) is 19.6 Å². The molecule has 0 radical (unpaired) electrons. The van der Waals surface area contributed by atoms with Crippen molar-refractivity contribution in [2.24, 2.45) is 11.8 Å².